The van der Waals surface area contributed by atoms with E-state index in [1.165, 1.54) is 6.07 Å². The van der Waals surface area contributed by atoms with Crippen molar-refractivity contribution in [2.45, 2.75) is 19.9 Å². The normalized spacial score (nSPS) is 10.4. The molecule has 3 nitrogen and oxygen atoms in total. The van der Waals surface area contributed by atoms with Gasteiger partial charge in [0.25, 0.3) is 0 Å². The lowest BCUT2D eigenvalue weighted by atomic mass is 10.2. The molecule has 0 atom stereocenters. The number of rotatable bonds is 6. The summed E-state index contributed by atoms with van der Waals surface area (Å²) in [6.07, 6.45) is 0.943. The van der Waals surface area contributed by atoms with Crippen LogP contribution in [0.1, 0.15) is 18.9 Å². The molecule has 112 valence electrons. The first-order chi connectivity index (χ1) is 10.1. The number of para-hydroxylation sites is 2. The molecule has 0 aromatic heterocycles. The first-order valence-corrected chi connectivity index (χ1v) is 7.50. The third-order valence-corrected chi connectivity index (χ3v) is 3.43. The zero-order valence-corrected chi connectivity index (χ0v) is 13.2. The lowest BCUT2D eigenvalue weighted by Crippen LogP contribution is -2.03. The van der Waals surface area contributed by atoms with Crippen molar-refractivity contribution in [3.8, 4) is 11.5 Å². The summed E-state index contributed by atoms with van der Waals surface area (Å²) in [5.41, 5.74) is 1.50. The van der Waals surface area contributed by atoms with Crippen molar-refractivity contribution >= 4 is 28.9 Å². The number of aromatic hydroxyl groups is 1. The SMILES string of the molecule is CCCOc1ccccc1NCc1cc(Cl)cc(Cl)c1O. The van der Waals surface area contributed by atoms with Crippen LogP contribution in [0.4, 0.5) is 5.69 Å². The van der Waals surface area contributed by atoms with Crippen LogP contribution in [0.15, 0.2) is 36.4 Å². The predicted octanol–water partition coefficient (Wildman–Crippen LogP) is 5.10. The van der Waals surface area contributed by atoms with Crippen LogP contribution >= 0.6 is 23.2 Å². The number of halogens is 2. The number of phenolic OH excluding ortho intramolecular Hbond substituents is 1. The molecule has 5 heteroatoms. The summed E-state index contributed by atoms with van der Waals surface area (Å²) in [7, 11) is 0. The summed E-state index contributed by atoms with van der Waals surface area (Å²) in [4.78, 5) is 0. The summed E-state index contributed by atoms with van der Waals surface area (Å²) >= 11 is 11.9. The smallest absolute Gasteiger partial charge is 0.142 e. The molecule has 2 rings (SSSR count). The number of hydrogen-bond acceptors (Lipinski definition) is 3. The molecule has 0 radical (unpaired) electrons. The van der Waals surface area contributed by atoms with Crippen LogP contribution in [0.3, 0.4) is 0 Å². The summed E-state index contributed by atoms with van der Waals surface area (Å²) < 4.78 is 5.68. The lowest BCUT2D eigenvalue weighted by Gasteiger charge is -2.14. The van der Waals surface area contributed by atoms with Gasteiger partial charge >= 0.3 is 0 Å². The van der Waals surface area contributed by atoms with Gasteiger partial charge in [0, 0.05) is 17.1 Å². The van der Waals surface area contributed by atoms with E-state index in [0.717, 1.165) is 17.9 Å². The molecule has 0 aliphatic carbocycles. The fourth-order valence-corrected chi connectivity index (χ4v) is 2.43. The minimum Gasteiger partial charge on any atom is -0.506 e. The van der Waals surface area contributed by atoms with Crippen LogP contribution < -0.4 is 10.1 Å². The number of hydrogen-bond donors (Lipinski definition) is 2. The maximum absolute atomic E-state index is 9.95. The highest BCUT2D eigenvalue weighted by Crippen LogP contribution is 2.32. The van der Waals surface area contributed by atoms with Crippen LogP contribution in [-0.4, -0.2) is 11.7 Å². The van der Waals surface area contributed by atoms with Gasteiger partial charge in [-0.05, 0) is 30.7 Å². The average molecular weight is 326 g/mol. The van der Waals surface area contributed by atoms with Gasteiger partial charge in [-0.3, -0.25) is 0 Å². The van der Waals surface area contributed by atoms with E-state index in [-0.39, 0.29) is 10.8 Å². The molecule has 0 fully saturated rings. The van der Waals surface area contributed by atoms with Gasteiger partial charge in [0.2, 0.25) is 0 Å². The molecule has 0 amide bonds. The minimum atomic E-state index is 0.0422. The molecule has 0 heterocycles. The zero-order chi connectivity index (χ0) is 15.2. The van der Waals surface area contributed by atoms with Crippen molar-refractivity contribution in [2.24, 2.45) is 0 Å². The van der Waals surface area contributed by atoms with E-state index in [2.05, 4.69) is 12.2 Å². The van der Waals surface area contributed by atoms with E-state index in [9.17, 15) is 5.11 Å². The van der Waals surface area contributed by atoms with E-state index >= 15 is 0 Å². The second-order valence-electron chi connectivity index (χ2n) is 4.59. The number of phenols is 1. The molecule has 0 saturated heterocycles. The van der Waals surface area contributed by atoms with E-state index in [1.54, 1.807) is 6.07 Å². The third-order valence-electron chi connectivity index (χ3n) is 2.93. The Hall–Kier alpha value is -1.58. The molecule has 0 aliphatic rings. The van der Waals surface area contributed by atoms with Crippen LogP contribution in [0.25, 0.3) is 0 Å². The van der Waals surface area contributed by atoms with Gasteiger partial charge < -0.3 is 15.2 Å². The van der Waals surface area contributed by atoms with Crippen LogP contribution in [0.2, 0.25) is 10.0 Å². The van der Waals surface area contributed by atoms with Crippen molar-refractivity contribution in [2.75, 3.05) is 11.9 Å². The van der Waals surface area contributed by atoms with Crippen molar-refractivity contribution in [1.82, 2.24) is 0 Å². The zero-order valence-electron chi connectivity index (χ0n) is 11.7. The van der Waals surface area contributed by atoms with E-state index in [1.807, 2.05) is 24.3 Å². The molecular weight excluding hydrogens is 309 g/mol. The van der Waals surface area contributed by atoms with Gasteiger partial charge in [0.1, 0.15) is 11.5 Å². The van der Waals surface area contributed by atoms with E-state index in [4.69, 9.17) is 27.9 Å². The van der Waals surface area contributed by atoms with Crippen molar-refractivity contribution in [1.29, 1.82) is 0 Å². The molecule has 0 spiro atoms. The Morgan fingerprint density at radius 3 is 2.71 bits per heavy atom. The number of ether oxygens (including phenoxy) is 1. The van der Waals surface area contributed by atoms with Crippen LogP contribution in [-0.2, 0) is 6.54 Å². The van der Waals surface area contributed by atoms with Crippen LogP contribution in [0, 0.1) is 0 Å². The Balaban J connectivity index is 2.13. The highest BCUT2D eigenvalue weighted by atomic mass is 35.5. The summed E-state index contributed by atoms with van der Waals surface area (Å²) in [5, 5.41) is 13.9. The molecule has 2 aromatic carbocycles. The first kappa shape index (κ1) is 15.8. The van der Waals surface area contributed by atoms with Crippen LogP contribution in [0.5, 0.6) is 11.5 Å². The van der Waals surface area contributed by atoms with Gasteiger partial charge in [0.05, 0.1) is 17.3 Å². The fourth-order valence-electron chi connectivity index (χ4n) is 1.90. The first-order valence-electron chi connectivity index (χ1n) is 6.74. The van der Waals surface area contributed by atoms with E-state index < -0.39 is 0 Å². The topological polar surface area (TPSA) is 41.5 Å². The quantitative estimate of drug-likeness (QED) is 0.776. The van der Waals surface area contributed by atoms with Crippen molar-refractivity contribution < 1.29 is 9.84 Å². The molecule has 0 bridgehead atoms. The van der Waals surface area contributed by atoms with Gasteiger partial charge in [-0.1, -0.05) is 42.3 Å². The second kappa shape index (κ2) is 7.43. The van der Waals surface area contributed by atoms with Gasteiger partial charge in [-0.2, -0.15) is 0 Å². The number of nitrogens with one attached hydrogen (secondary N) is 1. The highest BCUT2D eigenvalue weighted by Gasteiger charge is 2.09. The molecule has 2 N–H and O–H groups in total. The average Bonchev–Trinajstić information content (AvgIpc) is 2.48. The maximum atomic E-state index is 9.95. The highest BCUT2D eigenvalue weighted by molar-refractivity contribution is 6.35. The Kier molecular flexibility index (Phi) is 5.59. The minimum absolute atomic E-state index is 0.0422. The molecular formula is C16H17Cl2NO2. The molecule has 0 aliphatic heterocycles. The van der Waals surface area contributed by atoms with E-state index in [0.29, 0.717) is 23.7 Å². The van der Waals surface area contributed by atoms with Gasteiger partial charge in [-0.15, -0.1) is 0 Å². The number of anilines is 1. The van der Waals surface area contributed by atoms with Gasteiger partial charge in [0.15, 0.2) is 0 Å². The number of benzene rings is 2. The Morgan fingerprint density at radius 1 is 1.19 bits per heavy atom. The largest absolute Gasteiger partial charge is 0.506 e. The van der Waals surface area contributed by atoms with Crippen molar-refractivity contribution in [3.05, 3.63) is 52.0 Å². The molecule has 0 unspecified atom stereocenters. The molecule has 2 aromatic rings. The summed E-state index contributed by atoms with van der Waals surface area (Å²) in [6, 6.07) is 10.9. The Morgan fingerprint density at radius 2 is 1.95 bits per heavy atom. The maximum Gasteiger partial charge on any atom is 0.142 e. The fraction of sp³-hybridized carbons (Fsp3) is 0.250. The Labute approximate surface area is 134 Å². The lowest BCUT2D eigenvalue weighted by molar-refractivity contribution is 0.319. The predicted molar refractivity (Wildman–Crippen MR) is 87.7 cm³/mol. The molecule has 0 saturated carbocycles. The second-order valence-corrected chi connectivity index (χ2v) is 5.44. The standard InChI is InChI=1S/C16H17Cl2NO2/c1-2-7-21-15-6-4-3-5-14(15)19-10-11-8-12(17)9-13(18)16(11)20/h3-6,8-9,19-20H,2,7,10H2,1H3. The van der Waals surface area contributed by atoms with Gasteiger partial charge in [-0.25, -0.2) is 0 Å². The summed E-state index contributed by atoms with van der Waals surface area (Å²) in [5.74, 6) is 0.826. The molecule has 21 heavy (non-hydrogen) atoms. The van der Waals surface area contributed by atoms with Crippen molar-refractivity contribution in [3.63, 3.8) is 0 Å². The Bertz CT molecular complexity index is 617. The summed E-state index contributed by atoms with van der Waals surface area (Å²) in [6.45, 7) is 3.12. The third kappa shape index (κ3) is 4.19. The monoisotopic (exact) mass is 325 g/mol.